The summed E-state index contributed by atoms with van der Waals surface area (Å²) < 4.78 is 10.9. The molecule has 0 saturated heterocycles. The van der Waals surface area contributed by atoms with Crippen molar-refractivity contribution in [1.82, 2.24) is 10.7 Å². The van der Waals surface area contributed by atoms with Crippen molar-refractivity contribution in [2.75, 3.05) is 25.6 Å². The van der Waals surface area contributed by atoms with Gasteiger partial charge < -0.3 is 20.1 Å². The number of hydrogen-bond donors (Lipinski definition) is 3. The SMILES string of the molecule is CCCCNC(=O)C(=O)N/N=C\c1ccc(OCC(=O)Nc2cc(C)ccc2C)c(OC)c1. The zero-order valence-corrected chi connectivity index (χ0v) is 19.4. The number of hydrazone groups is 1. The van der Waals surface area contributed by atoms with Crippen LogP contribution in [-0.2, 0) is 14.4 Å². The van der Waals surface area contributed by atoms with E-state index in [2.05, 4.69) is 21.2 Å². The highest BCUT2D eigenvalue weighted by Crippen LogP contribution is 2.27. The van der Waals surface area contributed by atoms with E-state index < -0.39 is 11.8 Å². The zero-order chi connectivity index (χ0) is 24.2. The van der Waals surface area contributed by atoms with Gasteiger partial charge in [-0.15, -0.1) is 0 Å². The molecule has 9 nitrogen and oxygen atoms in total. The molecule has 0 aliphatic heterocycles. The number of anilines is 1. The predicted molar refractivity (Wildman–Crippen MR) is 127 cm³/mol. The first-order valence-electron chi connectivity index (χ1n) is 10.6. The fourth-order valence-corrected chi connectivity index (χ4v) is 2.76. The second-order valence-corrected chi connectivity index (χ2v) is 7.37. The van der Waals surface area contributed by atoms with Crippen LogP contribution in [0.5, 0.6) is 11.5 Å². The van der Waals surface area contributed by atoms with E-state index in [9.17, 15) is 14.4 Å². The molecule has 0 fully saturated rings. The normalized spacial score (nSPS) is 10.5. The number of nitrogens with zero attached hydrogens (tertiary/aromatic N) is 1. The minimum Gasteiger partial charge on any atom is -0.493 e. The Kier molecular flexibility index (Phi) is 9.88. The van der Waals surface area contributed by atoms with E-state index >= 15 is 0 Å². The van der Waals surface area contributed by atoms with E-state index in [0.717, 1.165) is 29.7 Å². The van der Waals surface area contributed by atoms with Gasteiger partial charge >= 0.3 is 11.8 Å². The number of carbonyl (C=O) groups excluding carboxylic acids is 3. The van der Waals surface area contributed by atoms with Crippen LogP contribution >= 0.6 is 0 Å². The fourth-order valence-electron chi connectivity index (χ4n) is 2.76. The summed E-state index contributed by atoms with van der Waals surface area (Å²) in [4.78, 5) is 35.6. The molecule has 0 aromatic heterocycles. The van der Waals surface area contributed by atoms with Crippen LogP contribution in [0.1, 0.15) is 36.5 Å². The van der Waals surface area contributed by atoms with Crippen molar-refractivity contribution < 1.29 is 23.9 Å². The molecule has 3 N–H and O–H groups in total. The zero-order valence-electron chi connectivity index (χ0n) is 19.4. The smallest absolute Gasteiger partial charge is 0.329 e. The van der Waals surface area contributed by atoms with Crippen LogP contribution in [-0.4, -0.2) is 44.2 Å². The maximum Gasteiger partial charge on any atom is 0.329 e. The monoisotopic (exact) mass is 454 g/mol. The summed E-state index contributed by atoms with van der Waals surface area (Å²) in [6, 6.07) is 10.8. The fraction of sp³-hybridized carbons (Fsp3) is 0.333. The lowest BCUT2D eigenvalue weighted by Gasteiger charge is -2.12. The molecule has 0 radical (unpaired) electrons. The lowest BCUT2D eigenvalue weighted by molar-refractivity contribution is -0.139. The first-order chi connectivity index (χ1) is 15.8. The second-order valence-electron chi connectivity index (χ2n) is 7.37. The molecule has 0 atom stereocenters. The molecular weight excluding hydrogens is 424 g/mol. The number of rotatable bonds is 10. The Hall–Kier alpha value is -3.88. The van der Waals surface area contributed by atoms with Gasteiger partial charge in [-0.1, -0.05) is 25.5 Å². The average Bonchev–Trinajstić information content (AvgIpc) is 2.80. The number of nitrogens with one attached hydrogen (secondary N) is 3. The highest BCUT2D eigenvalue weighted by atomic mass is 16.5. The number of ether oxygens (including phenoxy) is 2. The first-order valence-corrected chi connectivity index (χ1v) is 10.6. The lowest BCUT2D eigenvalue weighted by atomic mass is 10.1. The van der Waals surface area contributed by atoms with E-state index in [4.69, 9.17) is 9.47 Å². The summed E-state index contributed by atoms with van der Waals surface area (Å²) >= 11 is 0. The Labute approximate surface area is 193 Å². The van der Waals surface area contributed by atoms with Gasteiger partial charge in [-0.05, 0) is 61.2 Å². The van der Waals surface area contributed by atoms with E-state index in [-0.39, 0.29) is 12.5 Å². The van der Waals surface area contributed by atoms with Crippen LogP contribution in [0.3, 0.4) is 0 Å². The number of carbonyl (C=O) groups is 3. The van der Waals surface area contributed by atoms with Crippen LogP contribution < -0.4 is 25.5 Å². The molecule has 0 bridgehead atoms. The first kappa shape index (κ1) is 25.4. The van der Waals surface area contributed by atoms with E-state index in [1.54, 1.807) is 18.2 Å². The Morgan fingerprint density at radius 2 is 1.82 bits per heavy atom. The summed E-state index contributed by atoms with van der Waals surface area (Å²) in [5.74, 6) is -1.10. The number of hydrogen-bond acceptors (Lipinski definition) is 6. The minimum atomic E-state index is -0.843. The third kappa shape index (κ3) is 8.29. The maximum absolute atomic E-state index is 12.3. The summed E-state index contributed by atoms with van der Waals surface area (Å²) in [5.41, 5.74) is 5.52. The van der Waals surface area contributed by atoms with E-state index in [0.29, 0.717) is 23.6 Å². The number of unbranched alkanes of at least 4 members (excludes halogenated alkanes) is 1. The standard InChI is InChI=1S/C24H30N4O5/c1-5-6-11-25-23(30)24(31)28-26-14-18-9-10-20(21(13-18)32-4)33-15-22(29)27-19-12-16(2)7-8-17(19)3/h7-10,12-14H,5-6,11,15H2,1-4H3,(H,25,30)(H,27,29)(H,28,31)/b26-14-. The van der Waals surface area contributed by atoms with Gasteiger partial charge in [-0.25, -0.2) is 5.43 Å². The largest absolute Gasteiger partial charge is 0.493 e. The van der Waals surface area contributed by atoms with Crippen molar-refractivity contribution in [3.05, 3.63) is 53.1 Å². The van der Waals surface area contributed by atoms with Crippen LogP contribution in [0.15, 0.2) is 41.5 Å². The molecule has 176 valence electrons. The Morgan fingerprint density at radius 3 is 2.55 bits per heavy atom. The van der Waals surface area contributed by atoms with E-state index in [1.807, 2.05) is 39.0 Å². The van der Waals surface area contributed by atoms with Gasteiger partial charge in [-0.2, -0.15) is 5.10 Å². The van der Waals surface area contributed by atoms with Crippen LogP contribution in [0.2, 0.25) is 0 Å². The van der Waals surface area contributed by atoms with Crippen molar-refractivity contribution in [3.8, 4) is 11.5 Å². The highest BCUT2D eigenvalue weighted by molar-refractivity contribution is 6.35. The molecule has 2 rings (SSSR count). The highest BCUT2D eigenvalue weighted by Gasteiger charge is 2.12. The van der Waals surface area contributed by atoms with Crippen molar-refractivity contribution in [1.29, 1.82) is 0 Å². The minimum absolute atomic E-state index is 0.194. The van der Waals surface area contributed by atoms with Crippen LogP contribution in [0, 0.1) is 13.8 Å². The topological polar surface area (TPSA) is 118 Å². The van der Waals surface area contributed by atoms with Gasteiger partial charge in [0.05, 0.1) is 13.3 Å². The quantitative estimate of drug-likeness (QED) is 0.221. The van der Waals surface area contributed by atoms with Crippen molar-refractivity contribution >= 4 is 29.6 Å². The number of amides is 3. The maximum atomic E-state index is 12.3. The van der Waals surface area contributed by atoms with Crippen LogP contribution in [0.4, 0.5) is 5.69 Å². The number of aryl methyl sites for hydroxylation is 2. The predicted octanol–water partition coefficient (Wildman–Crippen LogP) is 2.70. The molecule has 2 aromatic carbocycles. The van der Waals surface area contributed by atoms with Crippen molar-refractivity contribution in [2.45, 2.75) is 33.6 Å². The molecule has 0 aliphatic rings. The molecule has 0 heterocycles. The molecular formula is C24H30N4O5. The molecule has 0 saturated carbocycles. The average molecular weight is 455 g/mol. The van der Waals surface area contributed by atoms with E-state index in [1.165, 1.54) is 13.3 Å². The molecule has 2 aromatic rings. The lowest BCUT2D eigenvalue weighted by Crippen LogP contribution is -2.38. The van der Waals surface area contributed by atoms with Gasteiger partial charge in [-0.3, -0.25) is 14.4 Å². The molecule has 0 spiro atoms. The van der Waals surface area contributed by atoms with Gasteiger partial charge in [0, 0.05) is 12.2 Å². The van der Waals surface area contributed by atoms with Gasteiger partial charge in [0.1, 0.15) is 0 Å². The summed E-state index contributed by atoms with van der Waals surface area (Å²) in [7, 11) is 1.47. The van der Waals surface area contributed by atoms with Crippen LogP contribution in [0.25, 0.3) is 0 Å². The summed E-state index contributed by atoms with van der Waals surface area (Å²) in [6.07, 6.45) is 3.08. The Morgan fingerprint density at radius 1 is 1.03 bits per heavy atom. The van der Waals surface area contributed by atoms with Gasteiger partial charge in [0.25, 0.3) is 5.91 Å². The van der Waals surface area contributed by atoms with Crippen molar-refractivity contribution in [3.63, 3.8) is 0 Å². The molecule has 3 amide bonds. The summed E-state index contributed by atoms with van der Waals surface area (Å²) in [6.45, 7) is 6.10. The molecule has 9 heteroatoms. The molecule has 0 aliphatic carbocycles. The van der Waals surface area contributed by atoms with Gasteiger partial charge in [0.15, 0.2) is 18.1 Å². The molecule has 0 unspecified atom stereocenters. The third-order valence-corrected chi connectivity index (χ3v) is 4.62. The second kappa shape index (κ2) is 12.8. The molecule has 33 heavy (non-hydrogen) atoms. The van der Waals surface area contributed by atoms with Crippen molar-refractivity contribution in [2.24, 2.45) is 5.10 Å². The summed E-state index contributed by atoms with van der Waals surface area (Å²) in [5, 5.41) is 9.13. The number of methoxy groups -OCH3 is 1. The Bertz CT molecular complexity index is 1020. The third-order valence-electron chi connectivity index (χ3n) is 4.62. The number of benzene rings is 2. The Balaban J connectivity index is 1.91. The van der Waals surface area contributed by atoms with Gasteiger partial charge in [0.2, 0.25) is 0 Å².